The minimum absolute atomic E-state index is 0.105. The first-order chi connectivity index (χ1) is 7.65. The number of halogens is 1. The zero-order valence-electron chi connectivity index (χ0n) is 8.48. The van der Waals surface area contributed by atoms with Crippen LogP contribution in [0.1, 0.15) is 5.56 Å². The third-order valence-electron chi connectivity index (χ3n) is 2.29. The number of benzene rings is 1. The number of aliphatic carboxylic acids is 1. The van der Waals surface area contributed by atoms with Crippen molar-refractivity contribution in [3.63, 3.8) is 0 Å². The Kier molecular flexibility index (Phi) is 3.76. The Morgan fingerprint density at radius 1 is 1.62 bits per heavy atom. The third-order valence-corrected chi connectivity index (χ3v) is 3.84. The predicted octanol–water partition coefficient (Wildman–Crippen LogP) is 2.57. The highest BCUT2D eigenvalue weighted by Gasteiger charge is 2.22. The maximum atomic E-state index is 10.4. The highest BCUT2D eigenvalue weighted by atomic mass is 79.9. The van der Waals surface area contributed by atoms with E-state index in [0.29, 0.717) is 0 Å². The van der Waals surface area contributed by atoms with Crippen molar-refractivity contribution >= 4 is 33.7 Å². The number of fused-ring (bicyclic) bond motifs is 1. The molecule has 0 radical (unpaired) electrons. The largest absolute Gasteiger partial charge is 0.489 e. The van der Waals surface area contributed by atoms with Gasteiger partial charge in [0.2, 0.25) is 0 Å². The lowest BCUT2D eigenvalue weighted by atomic mass is 10.1. The summed E-state index contributed by atoms with van der Waals surface area (Å²) in [5.74, 6) is 1.01. The van der Waals surface area contributed by atoms with Crippen LogP contribution in [0.25, 0.3) is 0 Å². The average molecular weight is 303 g/mol. The maximum Gasteiger partial charge on any atom is 0.313 e. The van der Waals surface area contributed by atoms with Crippen molar-refractivity contribution in [3.05, 3.63) is 28.2 Å². The van der Waals surface area contributed by atoms with Crippen LogP contribution in [0.5, 0.6) is 5.75 Å². The van der Waals surface area contributed by atoms with E-state index < -0.39 is 5.97 Å². The molecule has 3 nitrogen and oxygen atoms in total. The van der Waals surface area contributed by atoms with Gasteiger partial charge in [-0.2, -0.15) is 0 Å². The Balaban J connectivity index is 1.88. The maximum absolute atomic E-state index is 10.4. The summed E-state index contributed by atoms with van der Waals surface area (Å²) in [5, 5.41) is 8.53. The first-order valence-corrected chi connectivity index (χ1v) is 6.84. The van der Waals surface area contributed by atoms with Crippen LogP contribution in [0.4, 0.5) is 0 Å². The molecule has 86 valence electrons. The molecule has 0 bridgehead atoms. The van der Waals surface area contributed by atoms with Gasteiger partial charge in [0.15, 0.2) is 0 Å². The molecule has 1 atom stereocenters. The third kappa shape index (κ3) is 2.92. The second-order valence-corrected chi connectivity index (χ2v) is 5.55. The fourth-order valence-electron chi connectivity index (χ4n) is 1.66. The number of carboxylic acid groups (broad SMARTS) is 1. The van der Waals surface area contributed by atoms with Crippen molar-refractivity contribution in [2.45, 2.75) is 12.5 Å². The van der Waals surface area contributed by atoms with Crippen molar-refractivity contribution in [1.82, 2.24) is 0 Å². The van der Waals surface area contributed by atoms with Crippen molar-refractivity contribution < 1.29 is 14.6 Å². The lowest BCUT2D eigenvalue weighted by Crippen LogP contribution is -2.17. The van der Waals surface area contributed by atoms with Gasteiger partial charge < -0.3 is 9.84 Å². The molecule has 0 saturated heterocycles. The van der Waals surface area contributed by atoms with Crippen molar-refractivity contribution in [2.75, 3.05) is 11.5 Å². The van der Waals surface area contributed by atoms with E-state index in [1.807, 2.05) is 12.1 Å². The molecule has 0 spiro atoms. The SMILES string of the molecule is O=C(O)CSCC1Cc2cc(Br)ccc2O1. The first kappa shape index (κ1) is 11.8. The quantitative estimate of drug-likeness (QED) is 0.928. The van der Waals surface area contributed by atoms with Crippen LogP contribution in [0.15, 0.2) is 22.7 Å². The Labute approximate surface area is 106 Å². The molecule has 1 aromatic rings. The number of hydrogen-bond donors (Lipinski definition) is 1. The van der Waals surface area contributed by atoms with E-state index >= 15 is 0 Å². The number of hydrogen-bond acceptors (Lipinski definition) is 3. The second kappa shape index (κ2) is 5.10. The van der Waals surface area contributed by atoms with Crippen molar-refractivity contribution in [3.8, 4) is 5.75 Å². The highest BCUT2D eigenvalue weighted by molar-refractivity contribution is 9.10. The van der Waals surface area contributed by atoms with Gasteiger partial charge in [0.1, 0.15) is 11.9 Å². The summed E-state index contributed by atoms with van der Waals surface area (Å²) in [6, 6.07) is 5.95. The first-order valence-electron chi connectivity index (χ1n) is 4.90. The van der Waals surface area contributed by atoms with Gasteiger partial charge in [-0.15, -0.1) is 11.8 Å². The van der Waals surface area contributed by atoms with E-state index in [9.17, 15) is 4.79 Å². The van der Waals surface area contributed by atoms with Crippen LogP contribution in [-0.2, 0) is 11.2 Å². The molecular formula is C11H11BrO3S. The molecule has 1 aliphatic heterocycles. The minimum Gasteiger partial charge on any atom is -0.489 e. The molecule has 0 aromatic heterocycles. The summed E-state index contributed by atoms with van der Waals surface area (Å²) in [4.78, 5) is 10.4. The number of rotatable bonds is 4. The molecule has 0 aliphatic carbocycles. The molecule has 0 fully saturated rings. The van der Waals surface area contributed by atoms with E-state index in [1.54, 1.807) is 0 Å². The zero-order chi connectivity index (χ0) is 11.5. The van der Waals surface area contributed by atoms with Crippen LogP contribution < -0.4 is 4.74 Å². The topological polar surface area (TPSA) is 46.5 Å². The molecule has 0 saturated carbocycles. The van der Waals surface area contributed by atoms with E-state index in [2.05, 4.69) is 22.0 Å². The van der Waals surface area contributed by atoms with Gasteiger partial charge in [0, 0.05) is 16.6 Å². The summed E-state index contributed by atoms with van der Waals surface area (Å²) >= 11 is 4.82. The van der Waals surface area contributed by atoms with Gasteiger partial charge in [-0.3, -0.25) is 4.79 Å². The monoisotopic (exact) mass is 302 g/mol. The molecule has 1 heterocycles. The number of carbonyl (C=O) groups is 1. The van der Waals surface area contributed by atoms with Crippen LogP contribution in [0.2, 0.25) is 0 Å². The Bertz CT molecular complexity index is 408. The lowest BCUT2D eigenvalue weighted by molar-refractivity contribution is -0.133. The predicted molar refractivity (Wildman–Crippen MR) is 67.2 cm³/mol. The molecule has 5 heteroatoms. The fraction of sp³-hybridized carbons (Fsp3) is 0.364. The Morgan fingerprint density at radius 3 is 3.19 bits per heavy atom. The Morgan fingerprint density at radius 2 is 2.44 bits per heavy atom. The van der Waals surface area contributed by atoms with Gasteiger partial charge in [-0.05, 0) is 23.8 Å². The van der Waals surface area contributed by atoms with E-state index in [-0.39, 0.29) is 11.9 Å². The molecule has 1 unspecified atom stereocenters. The smallest absolute Gasteiger partial charge is 0.313 e. The number of ether oxygens (including phenoxy) is 1. The van der Waals surface area contributed by atoms with Gasteiger partial charge in [-0.25, -0.2) is 0 Å². The second-order valence-electron chi connectivity index (χ2n) is 3.60. The average Bonchev–Trinajstić information content (AvgIpc) is 2.58. The fourth-order valence-corrected chi connectivity index (χ4v) is 2.81. The molecule has 1 aliphatic rings. The molecule has 0 amide bonds. The molecule has 2 rings (SSSR count). The van der Waals surface area contributed by atoms with Crippen LogP contribution >= 0.6 is 27.7 Å². The standard InChI is InChI=1S/C11H11BrO3S/c12-8-1-2-10-7(3-8)4-9(15-10)5-16-6-11(13)14/h1-3,9H,4-6H2,(H,13,14). The van der Waals surface area contributed by atoms with E-state index in [1.165, 1.54) is 17.3 Å². The minimum atomic E-state index is -0.775. The van der Waals surface area contributed by atoms with Gasteiger partial charge in [0.05, 0.1) is 5.75 Å². The van der Waals surface area contributed by atoms with Crippen LogP contribution in [-0.4, -0.2) is 28.7 Å². The molecule has 1 aromatic carbocycles. The van der Waals surface area contributed by atoms with Crippen LogP contribution in [0.3, 0.4) is 0 Å². The van der Waals surface area contributed by atoms with Gasteiger partial charge in [0.25, 0.3) is 0 Å². The summed E-state index contributed by atoms with van der Waals surface area (Å²) in [5.41, 5.74) is 1.19. The van der Waals surface area contributed by atoms with Crippen molar-refractivity contribution in [2.24, 2.45) is 0 Å². The Hall–Kier alpha value is -0.680. The van der Waals surface area contributed by atoms with E-state index in [0.717, 1.165) is 22.4 Å². The summed E-state index contributed by atoms with van der Waals surface area (Å²) in [7, 11) is 0. The number of carboxylic acids is 1. The zero-order valence-corrected chi connectivity index (χ0v) is 10.9. The lowest BCUT2D eigenvalue weighted by Gasteiger charge is -2.08. The summed E-state index contributed by atoms with van der Waals surface area (Å²) < 4.78 is 6.76. The molecular weight excluding hydrogens is 292 g/mol. The molecule has 16 heavy (non-hydrogen) atoms. The summed E-state index contributed by atoms with van der Waals surface area (Å²) in [6.45, 7) is 0. The number of thioether (sulfide) groups is 1. The summed E-state index contributed by atoms with van der Waals surface area (Å²) in [6.07, 6.45) is 0.968. The highest BCUT2D eigenvalue weighted by Crippen LogP contribution is 2.32. The van der Waals surface area contributed by atoms with E-state index in [4.69, 9.17) is 9.84 Å². The van der Waals surface area contributed by atoms with Crippen molar-refractivity contribution in [1.29, 1.82) is 0 Å². The van der Waals surface area contributed by atoms with Crippen LogP contribution in [0, 0.1) is 0 Å². The normalized spacial score (nSPS) is 17.9. The van der Waals surface area contributed by atoms with Gasteiger partial charge in [-0.1, -0.05) is 15.9 Å². The van der Waals surface area contributed by atoms with Gasteiger partial charge >= 0.3 is 5.97 Å². The molecule has 1 N–H and O–H groups in total.